The zero-order chi connectivity index (χ0) is 18.6. The van der Waals surface area contributed by atoms with Crippen LogP contribution in [0, 0.1) is 12.3 Å². The molecule has 2 aromatic rings. The predicted molar refractivity (Wildman–Crippen MR) is 103 cm³/mol. The predicted octanol–water partition coefficient (Wildman–Crippen LogP) is 4.61. The highest BCUT2D eigenvalue weighted by atomic mass is 35.5. The van der Waals surface area contributed by atoms with Gasteiger partial charge in [-0.3, -0.25) is 4.79 Å². The highest BCUT2D eigenvalue weighted by Crippen LogP contribution is 2.25. The van der Waals surface area contributed by atoms with Gasteiger partial charge in [0.1, 0.15) is 5.15 Å². The number of pyridine rings is 1. The number of benzene rings is 1. The van der Waals surface area contributed by atoms with Crippen molar-refractivity contribution in [2.24, 2.45) is 5.41 Å². The first-order valence-corrected chi connectivity index (χ1v) is 8.90. The van der Waals surface area contributed by atoms with Gasteiger partial charge in [0.05, 0.1) is 12.1 Å². The van der Waals surface area contributed by atoms with E-state index in [2.05, 4.69) is 31.8 Å². The first kappa shape index (κ1) is 19.7. The molecule has 0 spiro atoms. The molecule has 0 N–H and O–H groups in total. The second-order valence-electron chi connectivity index (χ2n) is 7.68. The van der Waals surface area contributed by atoms with E-state index in [-0.39, 0.29) is 11.3 Å². The van der Waals surface area contributed by atoms with Gasteiger partial charge in [0.2, 0.25) is 5.91 Å². The summed E-state index contributed by atoms with van der Waals surface area (Å²) in [5.74, 6) is 0.102. The molecule has 1 aromatic heterocycles. The largest absolute Gasteiger partial charge is 0.383 e. The van der Waals surface area contributed by atoms with Gasteiger partial charge in [-0.1, -0.05) is 44.0 Å². The summed E-state index contributed by atoms with van der Waals surface area (Å²) in [5, 5.41) is 1.48. The molecule has 1 amide bonds. The average Bonchev–Trinajstić information content (AvgIpc) is 2.50. The van der Waals surface area contributed by atoms with Crippen LogP contribution in [0.2, 0.25) is 5.15 Å². The van der Waals surface area contributed by atoms with Gasteiger partial charge in [-0.15, -0.1) is 0 Å². The first-order chi connectivity index (χ1) is 11.7. The molecule has 0 unspecified atom stereocenters. The highest BCUT2D eigenvalue weighted by Gasteiger charge is 2.22. The Balaban J connectivity index is 2.29. The fraction of sp³-hybridized carbons (Fsp3) is 0.500. The molecule has 0 atom stereocenters. The van der Waals surface area contributed by atoms with Crippen molar-refractivity contribution >= 4 is 28.4 Å². The minimum atomic E-state index is -0.0645. The number of carbonyl (C=O) groups excluding carboxylic acids is 1. The van der Waals surface area contributed by atoms with E-state index in [1.165, 1.54) is 5.56 Å². The van der Waals surface area contributed by atoms with Crippen LogP contribution in [0.15, 0.2) is 24.3 Å². The van der Waals surface area contributed by atoms with Crippen molar-refractivity contribution in [2.75, 3.05) is 20.3 Å². The monoisotopic (exact) mass is 362 g/mol. The number of hydrogen-bond donors (Lipinski definition) is 0. The molecular weight excluding hydrogens is 336 g/mol. The molecule has 0 fully saturated rings. The molecule has 25 heavy (non-hydrogen) atoms. The third-order valence-electron chi connectivity index (χ3n) is 3.96. The SMILES string of the molecule is COCCN(Cc1cc2cc(C)ccc2nc1Cl)C(=O)CC(C)(C)C. The zero-order valence-electron chi connectivity index (χ0n) is 15.7. The average molecular weight is 363 g/mol. The van der Waals surface area contributed by atoms with Crippen LogP contribution in [0.1, 0.15) is 38.3 Å². The van der Waals surface area contributed by atoms with E-state index in [4.69, 9.17) is 16.3 Å². The topological polar surface area (TPSA) is 42.4 Å². The number of aromatic nitrogens is 1. The third kappa shape index (κ3) is 5.68. The molecule has 136 valence electrons. The molecule has 2 rings (SSSR count). The maximum atomic E-state index is 12.7. The molecule has 0 aliphatic carbocycles. The maximum absolute atomic E-state index is 12.7. The second-order valence-corrected chi connectivity index (χ2v) is 8.04. The smallest absolute Gasteiger partial charge is 0.223 e. The first-order valence-electron chi connectivity index (χ1n) is 8.52. The van der Waals surface area contributed by atoms with Crippen molar-refractivity contribution in [1.29, 1.82) is 0 Å². The maximum Gasteiger partial charge on any atom is 0.223 e. The number of methoxy groups -OCH3 is 1. The lowest BCUT2D eigenvalue weighted by atomic mass is 9.91. The van der Waals surface area contributed by atoms with E-state index in [1.54, 1.807) is 12.0 Å². The van der Waals surface area contributed by atoms with E-state index in [0.29, 0.717) is 31.3 Å². The molecule has 4 nitrogen and oxygen atoms in total. The van der Waals surface area contributed by atoms with Crippen molar-refractivity contribution in [3.63, 3.8) is 0 Å². The lowest BCUT2D eigenvalue weighted by Gasteiger charge is -2.27. The quantitative estimate of drug-likeness (QED) is 0.705. The Morgan fingerprint density at radius 3 is 2.64 bits per heavy atom. The number of amides is 1. The molecule has 1 aromatic carbocycles. The Kier molecular flexibility index (Phi) is 6.42. The van der Waals surface area contributed by atoms with E-state index in [9.17, 15) is 4.79 Å². The van der Waals surface area contributed by atoms with Crippen LogP contribution in [0.4, 0.5) is 0 Å². The number of aryl methyl sites for hydroxylation is 1. The summed E-state index contributed by atoms with van der Waals surface area (Å²) in [6.45, 7) is 9.70. The van der Waals surface area contributed by atoms with Crippen LogP contribution in [0.3, 0.4) is 0 Å². The van der Waals surface area contributed by atoms with Crippen LogP contribution >= 0.6 is 11.6 Å². The number of carbonyl (C=O) groups is 1. The van der Waals surface area contributed by atoms with Crippen molar-refractivity contribution < 1.29 is 9.53 Å². The second kappa shape index (κ2) is 8.15. The molecule has 0 aliphatic rings. The lowest BCUT2D eigenvalue weighted by molar-refractivity contribution is -0.134. The van der Waals surface area contributed by atoms with Gasteiger partial charge in [-0.25, -0.2) is 4.98 Å². The van der Waals surface area contributed by atoms with Crippen molar-refractivity contribution in [1.82, 2.24) is 9.88 Å². The molecule has 0 bridgehead atoms. The molecule has 0 saturated carbocycles. The van der Waals surface area contributed by atoms with Crippen LogP contribution < -0.4 is 0 Å². The van der Waals surface area contributed by atoms with Crippen molar-refractivity contribution in [3.8, 4) is 0 Å². The van der Waals surface area contributed by atoms with E-state index >= 15 is 0 Å². The number of rotatable bonds is 6. The summed E-state index contributed by atoms with van der Waals surface area (Å²) in [5.41, 5.74) is 2.83. The number of fused-ring (bicyclic) bond motifs is 1. The van der Waals surface area contributed by atoms with Gasteiger partial charge in [0, 0.05) is 37.6 Å². The summed E-state index contributed by atoms with van der Waals surface area (Å²) in [6.07, 6.45) is 0.481. The third-order valence-corrected chi connectivity index (χ3v) is 4.28. The minimum Gasteiger partial charge on any atom is -0.383 e. The van der Waals surface area contributed by atoms with E-state index in [0.717, 1.165) is 16.5 Å². The van der Waals surface area contributed by atoms with Gasteiger partial charge in [-0.05, 0) is 30.5 Å². The van der Waals surface area contributed by atoms with Crippen LogP contribution in [-0.4, -0.2) is 36.1 Å². The van der Waals surface area contributed by atoms with Crippen LogP contribution in [0.5, 0.6) is 0 Å². The van der Waals surface area contributed by atoms with Gasteiger partial charge in [0.15, 0.2) is 0 Å². The Bertz CT molecular complexity index is 753. The number of hydrogen-bond acceptors (Lipinski definition) is 3. The molecule has 0 saturated heterocycles. The van der Waals surface area contributed by atoms with Gasteiger partial charge >= 0.3 is 0 Å². The van der Waals surface area contributed by atoms with Crippen LogP contribution in [-0.2, 0) is 16.1 Å². The van der Waals surface area contributed by atoms with Crippen molar-refractivity contribution in [2.45, 2.75) is 40.7 Å². The Morgan fingerprint density at radius 1 is 1.28 bits per heavy atom. The zero-order valence-corrected chi connectivity index (χ0v) is 16.5. The summed E-state index contributed by atoms with van der Waals surface area (Å²) >= 11 is 6.38. The molecular formula is C20H27ClN2O2. The molecule has 0 aliphatic heterocycles. The van der Waals surface area contributed by atoms with Crippen molar-refractivity contribution in [3.05, 3.63) is 40.5 Å². The Hall–Kier alpha value is -1.65. The number of halogens is 1. The van der Waals surface area contributed by atoms with Gasteiger partial charge < -0.3 is 9.64 Å². The van der Waals surface area contributed by atoms with Gasteiger partial charge in [-0.2, -0.15) is 0 Å². The highest BCUT2D eigenvalue weighted by molar-refractivity contribution is 6.30. The Morgan fingerprint density at radius 2 is 2.00 bits per heavy atom. The lowest BCUT2D eigenvalue weighted by Crippen LogP contribution is -2.35. The van der Waals surface area contributed by atoms with E-state index in [1.807, 2.05) is 25.1 Å². The normalized spacial score (nSPS) is 11.8. The summed E-state index contributed by atoms with van der Waals surface area (Å²) in [7, 11) is 1.64. The van der Waals surface area contributed by atoms with E-state index < -0.39 is 0 Å². The number of ether oxygens (including phenoxy) is 1. The van der Waals surface area contributed by atoms with Crippen LogP contribution in [0.25, 0.3) is 10.9 Å². The molecule has 0 radical (unpaired) electrons. The minimum absolute atomic E-state index is 0.0645. The summed E-state index contributed by atoms with van der Waals surface area (Å²) in [6, 6.07) is 8.09. The standard InChI is InChI=1S/C20H27ClN2O2/c1-14-6-7-17-15(10-14)11-16(19(21)22-17)13-23(8-9-25-5)18(24)12-20(2,3)4/h6-7,10-11H,8-9,12-13H2,1-5H3. The summed E-state index contributed by atoms with van der Waals surface area (Å²) < 4.78 is 5.16. The number of nitrogens with zero attached hydrogens (tertiary/aromatic N) is 2. The summed E-state index contributed by atoms with van der Waals surface area (Å²) in [4.78, 5) is 19.0. The fourth-order valence-electron chi connectivity index (χ4n) is 2.69. The fourth-order valence-corrected chi connectivity index (χ4v) is 2.90. The van der Waals surface area contributed by atoms with Gasteiger partial charge in [0.25, 0.3) is 0 Å². The molecule has 1 heterocycles. The Labute approximate surface area is 155 Å². The molecule has 5 heteroatoms.